The molecule has 0 aliphatic rings. The van der Waals surface area contributed by atoms with E-state index in [0.29, 0.717) is 0 Å². The third kappa shape index (κ3) is 4.17. The monoisotopic (exact) mass is 399 g/mol. The first kappa shape index (κ1) is 19.1. The predicted molar refractivity (Wildman–Crippen MR) is 89.5 cm³/mol. The number of nitrogens with zero attached hydrogens (tertiary/aromatic N) is 2. The SMILES string of the molecule is NS(=O)(=O)c1ccc(-c2nc(C(F)(F)F)cn2Cc2ccccc2F)cc1. The van der Waals surface area contributed by atoms with Crippen molar-refractivity contribution in [3.05, 3.63) is 71.8 Å². The largest absolute Gasteiger partial charge is 0.434 e. The second-order valence-corrected chi connectivity index (χ2v) is 7.30. The molecule has 1 aromatic heterocycles. The standard InChI is InChI=1S/C17H13F4N3O2S/c18-14-4-2-1-3-12(14)9-24-10-15(17(19,20)21)23-16(24)11-5-7-13(8-6-11)27(22,25)26/h1-8,10H,9H2,(H2,22,25,26). The fraction of sp³-hybridized carbons (Fsp3) is 0.118. The van der Waals surface area contributed by atoms with Crippen molar-refractivity contribution in [1.82, 2.24) is 9.55 Å². The molecule has 2 aromatic carbocycles. The molecule has 0 fully saturated rings. The van der Waals surface area contributed by atoms with Gasteiger partial charge in [-0.2, -0.15) is 13.2 Å². The van der Waals surface area contributed by atoms with Gasteiger partial charge in [-0.15, -0.1) is 0 Å². The minimum atomic E-state index is -4.68. The van der Waals surface area contributed by atoms with Crippen molar-refractivity contribution >= 4 is 10.0 Å². The highest BCUT2D eigenvalue weighted by Gasteiger charge is 2.35. The van der Waals surface area contributed by atoms with Crippen LogP contribution in [-0.2, 0) is 22.7 Å². The van der Waals surface area contributed by atoms with Crippen LogP contribution in [0.4, 0.5) is 17.6 Å². The van der Waals surface area contributed by atoms with Gasteiger partial charge in [0.05, 0.1) is 11.4 Å². The molecule has 0 unspecified atom stereocenters. The van der Waals surface area contributed by atoms with Crippen molar-refractivity contribution in [3.8, 4) is 11.4 Å². The fourth-order valence-electron chi connectivity index (χ4n) is 2.51. The Morgan fingerprint density at radius 1 is 1.04 bits per heavy atom. The van der Waals surface area contributed by atoms with Crippen molar-refractivity contribution in [2.24, 2.45) is 5.14 Å². The lowest BCUT2D eigenvalue weighted by Crippen LogP contribution is -2.11. The molecule has 5 nitrogen and oxygen atoms in total. The molecule has 0 spiro atoms. The first-order valence-corrected chi connectivity index (χ1v) is 9.11. The molecule has 0 aliphatic carbocycles. The highest BCUT2D eigenvalue weighted by atomic mass is 32.2. The van der Waals surface area contributed by atoms with Gasteiger partial charge in [0.2, 0.25) is 10.0 Å². The molecule has 3 rings (SSSR count). The zero-order valence-corrected chi connectivity index (χ0v) is 14.4. The molecule has 0 saturated heterocycles. The maximum Gasteiger partial charge on any atom is 0.434 e. The lowest BCUT2D eigenvalue weighted by molar-refractivity contribution is -0.140. The molecule has 0 amide bonds. The number of halogens is 4. The first-order chi connectivity index (χ1) is 12.6. The van der Waals surface area contributed by atoms with Gasteiger partial charge in [0.15, 0.2) is 5.69 Å². The summed E-state index contributed by atoms with van der Waals surface area (Å²) < 4.78 is 77.0. The zero-order chi connectivity index (χ0) is 19.8. The van der Waals surface area contributed by atoms with Crippen molar-refractivity contribution in [3.63, 3.8) is 0 Å². The Balaban J connectivity index is 2.08. The van der Waals surface area contributed by atoms with Crippen LogP contribution in [-0.4, -0.2) is 18.0 Å². The number of sulfonamides is 1. The molecule has 3 aromatic rings. The Morgan fingerprint density at radius 2 is 1.67 bits per heavy atom. The Labute approximate surface area is 152 Å². The number of nitrogens with two attached hydrogens (primary N) is 1. The number of primary sulfonamides is 1. The minimum Gasteiger partial charge on any atom is -0.326 e. The molecule has 10 heteroatoms. The Hall–Kier alpha value is -2.72. The third-order valence-corrected chi connectivity index (χ3v) is 4.74. The van der Waals surface area contributed by atoms with E-state index in [4.69, 9.17) is 5.14 Å². The second kappa shape index (κ2) is 6.78. The number of benzene rings is 2. The lowest BCUT2D eigenvalue weighted by atomic mass is 10.2. The van der Waals surface area contributed by atoms with Crippen molar-refractivity contribution in [2.45, 2.75) is 17.6 Å². The van der Waals surface area contributed by atoms with E-state index in [-0.39, 0.29) is 28.4 Å². The third-order valence-electron chi connectivity index (χ3n) is 3.81. The summed E-state index contributed by atoms with van der Waals surface area (Å²) in [6.45, 7) is -0.179. The van der Waals surface area contributed by atoms with E-state index in [9.17, 15) is 26.0 Å². The average molecular weight is 399 g/mol. The van der Waals surface area contributed by atoms with Gasteiger partial charge in [-0.05, 0) is 30.3 Å². The summed E-state index contributed by atoms with van der Waals surface area (Å²) in [4.78, 5) is 3.42. The Bertz CT molecular complexity index is 1070. The number of hydrogen-bond donors (Lipinski definition) is 1. The van der Waals surface area contributed by atoms with Gasteiger partial charge in [-0.3, -0.25) is 0 Å². The van der Waals surface area contributed by atoms with E-state index in [0.717, 1.165) is 10.8 Å². The van der Waals surface area contributed by atoms with Crippen molar-refractivity contribution in [1.29, 1.82) is 0 Å². The summed E-state index contributed by atoms with van der Waals surface area (Å²) in [6.07, 6.45) is -3.90. The molecule has 0 aliphatic heterocycles. The minimum absolute atomic E-state index is 0.0773. The van der Waals surface area contributed by atoms with E-state index in [1.807, 2.05) is 0 Å². The van der Waals surface area contributed by atoms with Gasteiger partial charge in [0, 0.05) is 17.3 Å². The Kier molecular flexibility index (Phi) is 4.79. The van der Waals surface area contributed by atoms with Gasteiger partial charge < -0.3 is 4.57 Å². The van der Waals surface area contributed by atoms with Gasteiger partial charge >= 0.3 is 6.18 Å². The molecule has 0 bridgehead atoms. The highest BCUT2D eigenvalue weighted by Crippen LogP contribution is 2.31. The van der Waals surface area contributed by atoms with Crippen molar-refractivity contribution < 1.29 is 26.0 Å². The van der Waals surface area contributed by atoms with Crippen LogP contribution in [0.5, 0.6) is 0 Å². The van der Waals surface area contributed by atoms with E-state index in [2.05, 4.69) is 4.98 Å². The first-order valence-electron chi connectivity index (χ1n) is 7.57. The summed E-state index contributed by atoms with van der Waals surface area (Å²) in [7, 11) is -3.94. The van der Waals surface area contributed by atoms with Crippen LogP contribution >= 0.6 is 0 Å². The van der Waals surface area contributed by atoms with E-state index in [1.54, 1.807) is 6.07 Å². The summed E-state index contributed by atoms with van der Waals surface area (Å²) in [5.74, 6) is -0.637. The normalized spacial score (nSPS) is 12.3. The number of rotatable bonds is 4. The van der Waals surface area contributed by atoms with Gasteiger partial charge in [0.25, 0.3) is 0 Å². The average Bonchev–Trinajstić information content (AvgIpc) is 3.00. The number of imidazole rings is 1. The number of alkyl halides is 3. The van der Waals surface area contributed by atoms with Crippen LogP contribution in [0.1, 0.15) is 11.3 Å². The van der Waals surface area contributed by atoms with E-state index < -0.39 is 27.7 Å². The molecule has 0 radical (unpaired) electrons. The molecule has 1 heterocycles. The number of aromatic nitrogens is 2. The maximum absolute atomic E-state index is 13.9. The number of hydrogen-bond acceptors (Lipinski definition) is 3. The molecule has 2 N–H and O–H groups in total. The van der Waals surface area contributed by atoms with Crippen LogP contribution in [0.3, 0.4) is 0 Å². The topological polar surface area (TPSA) is 78.0 Å². The second-order valence-electron chi connectivity index (χ2n) is 5.74. The van der Waals surface area contributed by atoms with Gasteiger partial charge in [-0.25, -0.2) is 22.9 Å². The zero-order valence-electron chi connectivity index (χ0n) is 13.6. The molecule has 0 atom stereocenters. The van der Waals surface area contributed by atoms with Crippen LogP contribution in [0, 0.1) is 5.82 Å². The molecule has 142 valence electrons. The Morgan fingerprint density at radius 3 is 2.22 bits per heavy atom. The molecular formula is C17H13F4N3O2S. The fourth-order valence-corrected chi connectivity index (χ4v) is 3.02. The summed E-state index contributed by atoms with van der Waals surface area (Å²) in [5, 5.41) is 5.02. The van der Waals surface area contributed by atoms with E-state index in [1.165, 1.54) is 42.5 Å². The lowest BCUT2D eigenvalue weighted by Gasteiger charge is -2.09. The predicted octanol–water partition coefficient (Wildman–Crippen LogP) is 3.40. The van der Waals surface area contributed by atoms with Crippen LogP contribution < -0.4 is 5.14 Å². The quantitative estimate of drug-likeness (QED) is 0.683. The molecular weight excluding hydrogens is 386 g/mol. The maximum atomic E-state index is 13.9. The molecule has 0 saturated carbocycles. The van der Waals surface area contributed by atoms with Crippen LogP contribution in [0.2, 0.25) is 0 Å². The van der Waals surface area contributed by atoms with E-state index >= 15 is 0 Å². The van der Waals surface area contributed by atoms with Gasteiger partial charge in [-0.1, -0.05) is 18.2 Å². The summed E-state index contributed by atoms with van der Waals surface area (Å²) in [5.41, 5.74) is -0.718. The summed E-state index contributed by atoms with van der Waals surface area (Å²) in [6, 6.07) is 10.6. The highest BCUT2D eigenvalue weighted by molar-refractivity contribution is 7.89. The molecule has 27 heavy (non-hydrogen) atoms. The van der Waals surface area contributed by atoms with Crippen LogP contribution in [0.15, 0.2) is 59.6 Å². The van der Waals surface area contributed by atoms with Crippen molar-refractivity contribution in [2.75, 3.05) is 0 Å². The smallest absolute Gasteiger partial charge is 0.326 e. The van der Waals surface area contributed by atoms with Gasteiger partial charge in [0.1, 0.15) is 11.6 Å². The van der Waals surface area contributed by atoms with Crippen LogP contribution in [0.25, 0.3) is 11.4 Å². The summed E-state index contributed by atoms with van der Waals surface area (Å²) >= 11 is 0.